The summed E-state index contributed by atoms with van der Waals surface area (Å²) >= 11 is 0. The molecule has 0 spiro atoms. The average Bonchev–Trinajstić information content (AvgIpc) is 2.24. The van der Waals surface area contributed by atoms with Crippen molar-refractivity contribution in [3.63, 3.8) is 0 Å². The van der Waals surface area contributed by atoms with Gasteiger partial charge in [-0.15, -0.1) is 0 Å². The van der Waals surface area contributed by atoms with Gasteiger partial charge < -0.3 is 4.74 Å². The number of esters is 1. The fourth-order valence-electron chi connectivity index (χ4n) is 1.19. The maximum Gasteiger partial charge on any atom is 0.313 e. The number of hydrogen-bond donors (Lipinski definition) is 0. The maximum atomic E-state index is 13.1. The van der Waals surface area contributed by atoms with Crippen molar-refractivity contribution < 1.29 is 23.1 Å². The number of carbonyl (C=O) groups is 2. The molecule has 0 aliphatic rings. The lowest BCUT2D eigenvalue weighted by Crippen LogP contribution is -2.12. The van der Waals surface area contributed by atoms with E-state index < -0.39 is 29.8 Å². The molecule has 0 atom stereocenters. The Kier molecular flexibility index (Phi) is 4.10. The van der Waals surface area contributed by atoms with E-state index in [2.05, 4.69) is 4.74 Å². The van der Waals surface area contributed by atoms with E-state index in [1.165, 1.54) is 12.1 Å². The number of ketones is 1. The zero-order chi connectivity index (χ0) is 12.1. The molecule has 0 heterocycles. The van der Waals surface area contributed by atoms with E-state index in [0.717, 1.165) is 13.2 Å². The molecule has 0 saturated heterocycles. The Balaban J connectivity index is 2.70. The van der Waals surface area contributed by atoms with Crippen LogP contribution in [-0.2, 0) is 20.7 Å². The topological polar surface area (TPSA) is 43.4 Å². The zero-order valence-corrected chi connectivity index (χ0v) is 8.63. The van der Waals surface area contributed by atoms with Gasteiger partial charge in [-0.2, -0.15) is 0 Å². The zero-order valence-electron chi connectivity index (χ0n) is 8.63. The van der Waals surface area contributed by atoms with Crippen LogP contribution in [0.5, 0.6) is 0 Å². The Morgan fingerprint density at radius 3 is 2.62 bits per heavy atom. The number of benzene rings is 1. The molecule has 5 heteroatoms. The minimum absolute atomic E-state index is 0.0612. The van der Waals surface area contributed by atoms with Crippen molar-refractivity contribution in [3.8, 4) is 0 Å². The summed E-state index contributed by atoms with van der Waals surface area (Å²) in [7, 11) is 1.15. The first-order valence-corrected chi connectivity index (χ1v) is 4.56. The summed E-state index contributed by atoms with van der Waals surface area (Å²) in [6.07, 6.45) is -0.759. The van der Waals surface area contributed by atoms with Crippen LogP contribution in [0.4, 0.5) is 8.78 Å². The fraction of sp³-hybridized carbons (Fsp3) is 0.273. The maximum absolute atomic E-state index is 13.1. The molecule has 3 nitrogen and oxygen atoms in total. The van der Waals surface area contributed by atoms with Gasteiger partial charge in [-0.05, 0) is 11.6 Å². The molecule has 1 aromatic carbocycles. The van der Waals surface area contributed by atoms with Crippen LogP contribution in [0.2, 0.25) is 0 Å². The lowest BCUT2D eigenvalue weighted by Gasteiger charge is -2.02. The molecule has 0 unspecified atom stereocenters. The summed E-state index contributed by atoms with van der Waals surface area (Å²) in [4.78, 5) is 22.0. The van der Waals surface area contributed by atoms with Crippen molar-refractivity contribution in [2.75, 3.05) is 7.11 Å². The van der Waals surface area contributed by atoms with E-state index in [4.69, 9.17) is 0 Å². The summed E-state index contributed by atoms with van der Waals surface area (Å²) in [6, 6.07) is 3.57. The van der Waals surface area contributed by atoms with Gasteiger partial charge in [0.05, 0.1) is 7.11 Å². The third-order valence-electron chi connectivity index (χ3n) is 1.99. The van der Waals surface area contributed by atoms with Crippen molar-refractivity contribution >= 4 is 11.8 Å². The van der Waals surface area contributed by atoms with Crippen molar-refractivity contribution in [1.29, 1.82) is 0 Å². The monoisotopic (exact) mass is 228 g/mol. The SMILES string of the molecule is COC(=O)CC(=O)Cc1cccc(F)c1F. The standard InChI is InChI=1S/C11H10F2O3/c1-16-10(15)6-8(14)5-7-3-2-4-9(12)11(7)13/h2-4H,5-6H2,1H3. The van der Waals surface area contributed by atoms with Gasteiger partial charge in [0.25, 0.3) is 0 Å². The second-order valence-electron chi connectivity index (χ2n) is 3.18. The van der Waals surface area contributed by atoms with Crippen LogP contribution in [-0.4, -0.2) is 18.9 Å². The fourth-order valence-corrected chi connectivity index (χ4v) is 1.19. The minimum Gasteiger partial charge on any atom is -0.469 e. The Morgan fingerprint density at radius 1 is 1.31 bits per heavy atom. The van der Waals surface area contributed by atoms with Crippen molar-refractivity contribution in [2.45, 2.75) is 12.8 Å². The number of hydrogen-bond acceptors (Lipinski definition) is 3. The van der Waals surface area contributed by atoms with Gasteiger partial charge in [0.15, 0.2) is 11.6 Å². The van der Waals surface area contributed by atoms with Gasteiger partial charge in [0.1, 0.15) is 12.2 Å². The minimum atomic E-state index is -1.05. The van der Waals surface area contributed by atoms with Crippen LogP contribution < -0.4 is 0 Å². The van der Waals surface area contributed by atoms with Crippen LogP contribution in [0.25, 0.3) is 0 Å². The molecule has 1 aromatic rings. The first-order valence-electron chi connectivity index (χ1n) is 4.56. The van der Waals surface area contributed by atoms with E-state index in [-0.39, 0.29) is 12.0 Å². The smallest absolute Gasteiger partial charge is 0.313 e. The molecular formula is C11H10F2O3. The molecule has 0 amide bonds. The molecule has 0 N–H and O–H groups in total. The summed E-state index contributed by atoms with van der Waals surface area (Å²) < 4.78 is 30.2. The Bertz CT molecular complexity index is 416. The molecule has 86 valence electrons. The lowest BCUT2D eigenvalue weighted by molar-refractivity contribution is -0.143. The highest BCUT2D eigenvalue weighted by atomic mass is 19.2. The number of Topliss-reactive ketones (excluding diaryl/α,β-unsaturated/α-hetero) is 1. The Labute approximate surface area is 91.0 Å². The number of ether oxygens (including phenoxy) is 1. The second kappa shape index (κ2) is 5.34. The molecule has 0 bridgehead atoms. The van der Waals surface area contributed by atoms with Gasteiger partial charge in [0.2, 0.25) is 0 Å². The average molecular weight is 228 g/mol. The van der Waals surface area contributed by atoms with E-state index >= 15 is 0 Å². The van der Waals surface area contributed by atoms with Crippen molar-refractivity contribution in [3.05, 3.63) is 35.4 Å². The number of methoxy groups -OCH3 is 1. The molecule has 16 heavy (non-hydrogen) atoms. The molecule has 0 saturated carbocycles. The number of rotatable bonds is 4. The molecule has 0 aromatic heterocycles. The van der Waals surface area contributed by atoms with Crippen molar-refractivity contribution in [2.24, 2.45) is 0 Å². The quantitative estimate of drug-likeness (QED) is 0.581. The van der Waals surface area contributed by atoms with Crippen LogP contribution in [0.1, 0.15) is 12.0 Å². The van der Waals surface area contributed by atoms with E-state index in [1.54, 1.807) is 0 Å². The Hall–Kier alpha value is -1.78. The molecule has 1 rings (SSSR count). The second-order valence-corrected chi connectivity index (χ2v) is 3.18. The van der Waals surface area contributed by atoms with Crippen LogP contribution >= 0.6 is 0 Å². The molecule has 0 radical (unpaired) electrons. The van der Waals surface area contributed by atoms with E-state index in [9.17, 15) is 18.4 Å². The molecule has 0 aliphatic heterocycles. The van der Waals surface area contributed by atoms with Gasteiger partial charge in [0, 0.05) is 6.42 Å². The normalized spacial score (nSPS) is 9.94. The molecule has 0 aliphatic carbocycles. The van der Waals surface area contributed by atoms with Gasteiger partial charge >= 0.3 is 5.97 Å². The summed E-state index contributed by atoms with van der Waals surface area (Å²) in [5.74, 6) is -3.28. The van der Waals surface area contributed by atoms with Crippen LogP contribution in [0, 0.1) is 11.6 Å². The highest BCUT2D eigenvalue weighted by Crippen LogP contribution is 2.12. The van der Waals surface area contributed by atoms with Crippen LogP contribution in [0.3, 0.4) is 0 Å². The predicted molar refractivity (Wildman–Crippen MR) is 51.7 cm³/mol. The first-order chi connectivity index (χ1) is 7.54. The Morgan fingerprint density at radius 2 is 2.00 bits per heavy atom. The van der Waals surface area contributed by atoms with E-state index in [1.807, 2.05) is 0 Å². The highest BCUT2D eigenvalue weighted by Gasteiger charge is 2.14. The van der Waals surface area contributed by atoms with Gasteiger partial charge in [-0.25, -0.2) is 8.78 Å². The molecule has 0 fully saturated rings. The van der Waals surface area contributed by atoms with E-state index in [0.29, 0.717) is 0 Å². The number of carbonyl (C=O) groups excluding carboxylic acids is 2. The summed E-state index contributed by atoms with van der Waals surface area (Å²) in [6.45, 7) is 0. The first kappa shape index (κ1) is 12.3. The third kappa shape index (κ3) is 3.12. The van der Waals surface area contributed by atoms with Gasteiger partial charge in [-0.3, -0.25) is 9.59 Å². The lowest BCUT2D eigenvalue weighted by atomic mass is 10.1. The summed E-state index contributed by atoms with van der Waals surface area (Å²) in [5, 5.41) is 0. The highest BCUT2D eigenvalue weighted by molar-refractivity contribution is 5.96. The summed E-state index contributed by atoms with van der Waals surface area (Å²) in [5.41, 5.74) is -0.0612. The number of halogens is 2. The third-order valence-corrected chi connectivity index (χ3v) is 1.99. The van der Waals surface area contributed by atoms with Gasteiger partial charge in [-0.1, -0.05) is 12.1 Å². The largest absolute Gasteiger partial charge is 0.469 e. The van der Waals surface area contributed by atoms with Crippen LogP contribution in [0.15, 0.2) is 18.2 Å². The van der Waals surface area contributed by atoms with Crippen molar-refractivity contribution in [1.82, 2.24) is 0 Å². The molecular weight excluding hydrogens is 218 g/mol. The predicted octanol–water partition coefficient (Wildman–Crippen LogP) is 1.64.